The van der Waals surface area contributed by atoms with Crippen LogP contribution in [0.15, 0.2) is 48.5 Å². The third-order valence-corrected chi connectivity index (χ3v) is 4.30. The maximum absolute atomic E-state index is 12.5. The van der Waals surface area contributed by atoms with Gasteiger partial charge < -0.3 is 14.8 Å². The van der Waals surface area contributed by atoms with Gasteiger partial charge in [0, 0.05) is 29.5 Å². The van der Waals surface area contributed by atoms with Crippen LogP contribution >= 0.6 is 0 Å². The van der Waals surface area contributed by atoms with Crippen molar-refractivity contribution in [1.82, 2.24) is 20.6 Å². The van der Waals surface area contributed by atoms with Crippen LogP contribution in [0.3, 0.4) is 0 Å². The molecule has 8 heteroatoms. The van der Waals surface area contributed by atoms with E-state index in [2.05, 4.69) is 25.9 Å². The zero-order valence-electron chi connectivity index (χ0n) is 14.6. The normalized spacial score (nSPS) is 16.2. The standard InChI is InChI=1S/C19H19N5O3/c25-19(14-8-6-13(7-9-14)18-21-23-24-22-18)20-15-3-1-4-16(11-15)27-12-17-5-2-10-26-17/h1,3-4,6-9,11,17H,2,5,10,12H2,(H,20,25)(H,21,22,23,24). The molecule has 2 heterocycles. The number of hydrogen-bond donors (Lipinski definition) is 2. The minimum absolute atomic E-state index is 0.154. The van der Waals surface area contributed by atoms with Crippen LogP contribution in [0.5, 0.6) is 5.75 Å². The van der Waals surface area contributed by atoms with Crippen LogP contribution in [-0.4, -0.2) is 45.8 Å². The van der Waals surface area contributed by atoms with Gasteiger partial charge in [-0.05, 0) is 42.3 Å². The molecule has 1 fully saturated rings. The number of benzene rings is 2. The molecule has 1 aromatic heterocycles. The molecule has 1 unspecified atom stereocenters. The number of carbonyl (C=O) groups is 1. The second kappa shape index (κ2) is 7.96. The third-order valence-electron chi connectivity index (χ3n) is 4.30. The molecule has 27 heavy (non-hydrogen) atoms. The van der Waals surface area contributed by atoms with Crippen molar-refractivity contribution >= 4 is 11.6 Å². The number of nitrogens with one attached hydrogen (secondary N) is 2. The highest BCUT2D eigenvalue weighted by Gasteiger charge is 2.16. The van der Waals surface area contributed by atoms with E-state index in [1.165, 1.54) is 0 Å². The van der Waals surface area contributed by atoms with Gasteiger partial charge >= 0.3 is 0 Å². The van der Waals surface area contributed by atoms with Crippen LogP contribution in [0.25, 0.3) is 11.4 Å². The fourth-order valence-corrected chi connectivity index (χ4v) is 2.89. The lowest BCUT2D eigenvalue weighted by Crippen LogP contribution is -2.16. The number of aromatic amines is 1. The highest BCUT2D eigenvalue weighted by atomic mass is 16.5. The summed E-state index contributed by atoms with van der Waals surface area (Å²) >= 11 is 0. The van der Waals surface area contributed by atoms with E-state index in [0.29, 0.717) is 29.4 Å². The average molecular weight is 365 g/mol. The van der Waals surface area contributed by atoms with Gasteiger partial charge in [-0.3, -0.25) is 4.79 Å². The van der Waals surface area contributed by atoms with Crippen molar-refractivity contribution in [2.24, 2.45) is 0 Å². The Morgan fingerprint density at radius 2 is 2.15 bits per heavy atom. The van der Waals surface area contributed by atoms with Crippen molar-refractivity contribution < 1.29 is 14.3 Å². The summed E-state index contributed by atoms with van der Waals surface area (Å²) in [5.41, 5.74) is 1.99. The van der Waals surface area contributed by atoms with Crippen molar-refractivity contribution in [2.75, 3.05) is 18.5 Å². The molecule has 3 aromatic rings. The Balaban J connectivity index is 1.38. The first-order chi connectivity index (χ1) is 13.3. The molecule has 1 aliphatic heterocycles. The maximum atomic E-state index is 12.5. The summed E-state index contributed by atoms with van der Waals surface area (Å²) in [5.74, 6) is 0.986. The van der Waals surface area contributed by atoms with Gasteiger partial charge in [-0.2, -0.15) is 5.21 Å². The Labute approximate surface area is 155 Å². The van der Waals surface area contributed by atoms with E-state index < -0.39 is 0 Å². The van der Waals surface area contributed by atoms with Crippen LogP contribution in [0.4, 0.5) is 5.69 Å². The summed E-state index contributed by atoms with van der Waals surface area (Å²) in [7, 11) is 0. The summed E-state index contributed by atoms with van der Waals surface area (Å²) in [6.45, 7) is 1.32. The number of aromatic nitrogens is 4. The second-order valence-corrected chi connectivity index (χ2v) is 6.24. The first kappa shape index (κ1) is 17.2. The van der Waals surface area contributed by atoms with Crippen LogP contribution in [0.1, 0.15) is 23.2 Å². The lowest BCUT2D eigenvalue weighted by molar-refractivity contribution is 0.0680. The molecule has 4 rings (SSSR count). The number of amides is 1. The molecule has 0 spiro atoms. The van der Waals surface area contributed by atoms with Crippen LogP contribution in [0.2, 0.25) is 0 Å². The third kappa shape index (κ3) is 4.29. The van der Waals surface area contributed by atoms with Crippen molar-refractivity contribution in [1.29, 1.82) is 0 Å². The molecule has 1 aliphatic rings. The molecule has 2 N–H and O–H groups in total. The lowest BCUT2D eigenvalue weighted by atomic mass is 10.1. The predicted octanol–water partition coefficient (Wildman–Crippen LogP) is 2.68. The van der Waals surface area contributed by atoms with E-state index >= 15 is 0 Å². The summed E-state index contributed by atoms with van der Waals surface area (Å²) in [6, 6.07) is 14.3. The molecule has 2 aromatic carbocycles. The molecule has 0 aliphatic carbocycles. The fraction of sp³-hybridized carbons (Fsp3) is 0.263. The predicted molar refractivity (Wildman–Crippen MR) is 98.5 cm³/mol. The fourth-order valence-electron chi connectivity index (χ4n) is 2.89. The molecule has 1 amide bonds. The van der Waals surface area contributed by atoms with Gasteiger partial charge in [-0.1, -0.05) is 18.2 Å². The number of ether oxygens (including phenoxy) is 2. The quantitative estimate of drug-likeness (QED) is 0.696. The molecule has 138 valence electrons. The molecule has 1 saturated heterocycles. The summed E-state index contributed by atoms with van der Waals surface area (Å²) in [5, 5.41) is 16.6. The SMILES string of the molecule is O=C(Nc1cccc(OCC2CCCO2)c1)c1ccc(-c2nn[nH]n2)cc1. The van der Waals surface area contributed by atoms with Crippen LogP contribution < -0.4 is 10.1 Å². The number of nitrogens with zero attached hydrogens (tertiary/aromatic N) is 3. The minimum atomic E-state index is -0.203. The van der Waals surface area contributed by atoms with Crippen molar-refractivity contribution in [2.45, 2.75) is 18.9 Å². The van der Waals surface area contributed by atoms with Gasteiger partial charge in [0.05, 0.1) is 6.10 Å². The monoisotopic (exact) mass is 365 g/mol. The summed E-state index contributed by atoms with van der Waals surface area (Å²) in [4.78, 5) is 12.5. The molecular weight excluding hydrogens is 346 g/mol. The number of H-pyrrole nitrogens is 1. The van der Waals surface area contributed by atoms with Crippen molar-refractivity contribution in [3.63, 3.8) is 0 Å². The van der Waals surface area contributed by atoms with Gasteiger partial charge in [-0.25, -0.2) is 0 Å². The first-order valence-corrected chi connectivity index (χ1v) is 8.77. The Morgan fingerprint density at radius 3 is 2.89 bits per heavy atom. The topological polar surface area (TPSA) is 102 Å². The highest BCUT2D eigenvalue weighted by Crippen LogP contribution is 2.21. The zero-order chi connectivity index (χ0) is 18.5. The van der Waals surface area contributed by atoms with E-state index in [9.17, 15) is 4.79 Å². The smallest absolute Gasteiger partial charge is 0.255 e. The highest BCUT2D eigenvalue weighted by molar-refractivity contribution is 6.04. The number of hydrogen-bond acceptors (Lipinski definition) is 6. The average Bonchev–Trinajstić information content (AvgIpc) is 3.41. The second-order valence-electron chi connectivity index (χ2n) is 6.24. The summed E-state index contributed by atoms with van der Waals surface area (Å²) < 4.78 is 11.3. The van der Waals surface area contributed by atoms with Gasteiger partial charge in [0.2, 0.25) is 5.82 Å². The van der Waals surface area contributed by atoms with Crippen LogP contribution in [-0.2, 0) is 4.74 Å². The number of rotatable bonds is 6. The van der Waals surface area contributed by atoms with E-state index in [1.807, 2.05) is 18.2 Å². The lowest BCUT2D eigenvalue weighted by Gasteiger charge is -2.12. The molecule has 0 bridgehead atoms. The first-order valence-electron chi connectivity index (χ1n) is 8.77. The molecular formula is C19H19N5O3. The van der Waals surface area contributed by atoms with Gasteiger partial charge in [-0.15, -0.1) is 10.2 Å². The van der Waals surface area contributed by atoms with Crippen LogP contribution in [0, 0.1) is 0 Å². The maximum Gasteiger partial charge on any atom is 0.255 e. The summed E-state index contributed by atoms with van der Waals surface area (Å²) in [6.07, 6.45) is 2.26. The largest absolute Gasteiger partial charge is 0.491 e. The Bertz CT molecular complexity index is 890. The van der Waals surface area contributed by atoms with E-state index in [1.54, 1.807) is 30.3 Å². The van der Waals surface area contributed by atoms with Gasteiger partial charge in [0.15, 0.2) is 0 Å². The van der Waals surface area contributed by atoms with Crippen molar-refractivity contribution in [3.8, 4) is 17.1 Å². The van der Waals surface area contributed by atoms with E-state index in [4.69, 9.17) is 9.47 Å². The van der Waals surface area contributed by atoms with Gasteiger partial charge in [0.25, 0.3) is 5.91 Å². The van der Waals surface area contributed by atoms with Gasteiger partial charge in [0.1, 0.15) is 12.4 Å². The Hall–Kier alpha value is -3.26. The Kier molecular flexibility index (Phi) is 5.06. The molecule has 0 radical (unpaired) electrons. The minimum Gasteiger partial charge on any atom is -0.491 e. The number of carbonyl (C=O) groups excluding carboxylic acids is 1. The zero-order valence-corrected chi connectivity index (χ0v) is 14.6. The van der Waals surface area contributed by atoms with Crippen molar-refractivity contribution in [3.05, 3.63) is 54.1 Å². The van der Waals surface area contributed by atoms with E-state index in [-0.39, 0.29) is 12.0 Å². The molecule has 0 saturated carbocycles. The van der Waals surface area contributed by atoms with E-state index in [0.717, 1.165) is 25.0 Å². The Morgan fingerprint density at radius 1 is 1.26 bits per heavy atom. The number of anilines is 1. The number of tetrazole rings is 1. The molecule has 8 nitrogen and oxygen atoms in total. The molecule has 1 atom stereocenters.